The molecule has 17 heavy (non-hydrogen) atoms. The van der Waals surface area contributed by atoms with E-state index in [1.807, 2.05) is 0 Å². The van der Waals surface area contributed by atoms with Gasteiger partial charge >= 0.3 is 17.9 Å². The van der Waals surface area contributed by atoms with Crippen LogP contribution in [0.15, 0.2) is 12.2 Å². The molecule has 2 unspecified atom stereocenters. The Hall–Kier alpha value is -1.85. The molecule has 2 atom stereocenters. The Morgan fingerprint density at radius 1 is 1.29 bits per heavy atom. The van der Waals surface area contributed by atoms with Gasteiger partial charge in [0.1, 0.15) is 0 Å². The second-order valence-corrected chi connectivity index (χ2v) is 3.56. The molecule has 0 aliphatic carbocycles. The number of ether oxygens (including phenoxy) is 2. The van der Waals surface area contributed by atoms with Gasteiger partial charge in [-0.15, -0.1) is 0 Å². The van der Waals surface area contributed by atoms with Crippen LogP contribution in [0.5, 0.6) is 0 Å². The Labute approximate surface area is 99.2 Å². The lowest BCUT2D eigenvalue weighted by atomic mass is 10.3. The molecule has 0 aliphatic rings. The fourth-order valence-electron chi connectivity index (χ4n) is 0.750. The molecule has 6 heteroatoms. The van der Waals surface area contributed by atoms with Crippen LogP contribution in [0.4, 0.5) is 0 Å². The summed E-state index contributed by atoms with van der Waals surface area (Å²) in [6, 6.07) is 0. The zero-order valence-corrected chi connectivity index (χ0v) is 10.1. The highest BCUT2D eigenvalue weighted by Gasteiger charge is 2.33. The van der Waals surface area contributed by atoms with Crippen LogP contribution < -0.4 is 0 Å². The Kier molecular flexibility index (Phi) is 5.95. The van der Waals surface area contributed by atoms with E-state index in [2.05, 4.69) is 11.3 Å². The van der Waals surface area contributed by atoms with Gasteiger partial charge in [-0.2, -0.15) is 0 Å². The van der Waals surface area contributed by atoms with Gasteiger partial charge < -0.3 is 14.6 Å². The first-order valence-electron chi connectivity index (χ1n) is 5.09. The van der Waals surface area contributed by atoms with Gasteiger partial charge in [0.05, 0.1) is 6.10 Å². The first-order chi connectivity index (χ1) is 7.79. The first kappa shape index (κ1) is 15.2. The number of esters is 2. The summed E-state index contributed by atoms with van der Waals surface area (Å²) >= 11 is 0. The summed E-state index contributed by atoms with van der Waals surface area (Å²) in [5.41, 5.74) is 0.00703. The summed E-state index contributed by atoms with van der Waals surface area (Å²) in [5, 5.41) is 8.75. The molecule has 0 saturated heterocycles. The molecule has 0 aromatic heterocycles. The second kappa shape index (κ2) is 6.67. The van der Waals surface area contributed by atoms with Crippen molar-refractivity contribution in [3.8, 4) is 0 Å². The van der Waals surface area contributed by atoms with E-state index in [9.17, 15) is 14.4 Å². The van der Waals surface area contributed by atoms with Crippen molar-refractivity contribution < 1.29 is 29.0 Å². The van der Waals surface area contributed by atoms with E-state index in [0.29, 0.717) is 6.42 Å². The van der Waals surface area contributed by atoms with Crippen molar-refractivity contribution in [3.63, 3.8) is 0 Å². The van der Waals surface area contributed by atoms with Crippen LogP contribution in [0.25, 0.3) is 0 Å². The predicted octanol–water partition coefficient (Wildman–Crippen LogP) is 0.901. The molecule has 0 aromatic carbocycles. The number of aliphatic carboxylic acids is 1. The van der Waals surface area contributed by atoms with Gasteiger partial charge in [0, 0.05) is 5.57 Å². The maximum absolute atomic E-state index is 11.4. The second-order valence-electron chi connectivity index (χ2n) is 3.56. The van der Waals surface area contributed by atoms with Gasteiger partial charge in [-0.25, -0.2) is 14.4 Å². The van der Waals surface area contributed by atoms with E-state index in [-0.39, 0.29) is 5.57 Å². The smallest absolute Gasteiger partial charge is 0.359 e. The maximum atomic E-state index is 11.4. The molecule has 1 N–H and O–H groups in total. The molecule has 0 fully saturated rings. The fraction of sp³-hybridized carbons (Fsp3) is 0.545. The van der Waals surface area contributed by atoms with Crippen molar-refractivity contribution in [1.29, 1.82) is 0 Å². The van der Waals surface area contributed by atoms with E-state index in [1.165, 1.54) is 6.92 Å². The molecular weight excluding hydrogens is 228 g/mol. The van der Waals surface area contributed by atoms with E-state index in [0.717, 1.165) is 0 Å². The number of carboxylic acids is 1. The molecule has 0 rings (SSSR count). The number of carbonyl (C=O) groups excluding carboxylic acids is 2. The van der Waals surface area contributed by atoms with Crippen LogP contribution in [0.1, 0.15) is 27.2 Å². The van der Waals surface area contributed by atoms with Crippen LogP contribution in [-0.2, 0) is 23.9 Å². The molecule has 0 saturated carbocycles. The number of rotatable bonds is 6. The summed E-state index contributed by atoms with van der Waals surface area (Å²) in [6.07, 6.45) is -1.85. The third-order valence-electron chi connectivity index (χ3n) is 1.90. The molecule has 0 aromatic rings. The molecule has 6 nitrogen and oxygen atoms in total. The fourth-order valence-corrected chi connectivity index (χ4v) is 0.750. The average molecular weight is 244 g/mol. The summed E-state index contributed by atoms with van der Waals surface area (Å²) < 4.78 is 9.24. The SMILES string of the molecule is C=C(C)C(=O)OC(C(=O)O)C(=O)OC(C)CC. The Morgan fingerprint density at radius 3 is 2.18 bits per heavy atom. The van der Waals surface area contributed by atoms with E-state index in [1.54, 1.807) is 13.8 Å². The van der Waals surface area contributed by atoms with Gasteiger partial charge in [-0.05, 0) is 20.3 Å². The Balaban J connectivity index is 4.64. The topological polar surface area (TPSA) is 89.9 Å². The third-order valence-corrected chi connectivity index (χ3v) is 1.90. The molecule has 96 valence electrons. The highest BCUT2D eigenvalue weighted by atomic mass is 16.6. The van der Waals surface area contributed by atoms with Gasteiger partial charge in [0.25, 0.3) is 6.10 Å². The normalized spacial score (nSPS) is 13.4. The number of hydrogen-bond acceptors (Lipinski definition) is 5. The molecule has 0 radical (unpaired) electrons. The zero-order valence-electron chi connectivity index (χ0n) is 10.1. The van der Waals surface area contributed by atoms with Crippen LogP contribution in [0.3, 0.4) is 0 Å². The van der Waals surface area contributed by atoms with Crippen molar-refractivity contribution in [1.82, 2.24) is 0 Å². The van der Waals surface area contributed by atoms with E-state index < -0.39 is 30.1 Å². The van der Waals surface area contributed by atoms with Gasteiger partial charge in [0.2, 0.25) is 0 Å². The summed E-state index contributed by atoms with van der Waals surface area (Å²) in [4.78, 5) is 33.3. The molecular formula is C11H16O6. The molecule has 0 amide bonds. The van der Waals surface area contributed by atoms with Crippen molar-refractivity contribution >= 4 is 17.9 Å². The van der Waals surface area contributed by atoms with Crippen molar-refractivity contribution in [2.75, 3.05) is 0 Å². The predicted molar refractivity (Wildman–Crippen MR) is 58.2 cm³/mol. The van der Waals surface area contributed by atoms with Crippen LogP contribution in [-0.4, -0.2) is 35.2 Å². The lowest BCUT2D eigenvalue weighted by Gasteiger charge is -2.16. The maximum Gasteiger partial charge on any atom is 0.359 e. The third kappa shape index (κ3) is 5.14. The largest absolute Gasteiger partial charge is 0.478 e. The van der Waals surface area contributed by atoms with E-state index >= 15 is 0 Å². The highest BCUT2D eigenvalue weighted by molar-refractivity contribution is 6.00. The van der Waals surface area contributed by atoms with Crippen LogP contribution >= 0.6 is 0 Å². The summed E-state index contributed by atoms with van der Waals surface area (Å²) in [6.45, 7) is 8.01. The molecule has 0 heterocycles. The van der Waals surface area contributed by atoms with Crippen molar-refractivity contribution in [2.24, 2.45) is 0 Å². The Morgan fingerprint density at radius 2 is 1.82 bits per heavy atom. The lowest BCUT2D eigenvalue weighted by molar-refractivity contribution is -0.178. The lowest BCUT2D eigenvalue weighted by Crippen LogP contribution is -2.37. The van der Waals surface area contributed by atoms with Crippen molar-refractivity contribution in [2.45, 2.75) is 39.4 Å². The zero-order chi connectivity index (χ0) is 13.6. The Bertz CT molecular complexity index is 333. The molecule has 0 spiro atoms. The number of hydrogen-bond donors (Lipinski definition) is 1. The highest BCUT2D eigenvalue weighted by Crippen LogP contribution is 2.05. The monoisotopic (exact) mass is 244 g/mol. The number of carbonyl (C=O) groups is 3. The first-order valence-corrected chi connectivity index (χ1v) is 5.09. The minimum Gasteiger partial charge on any atom is -0.478 e. The van der Waals surface area contributed by atoms with E-state index in [4.69, 9.17) is 9.84 Å². The molecule has 0 aliphatic heterocycles. The minimum absolute atomic E-state index is 0.00703. The minimum atomic E-state index is -1.95. The number of carboxylic acid groups (broad SMARTS) is 1. The quantitative estimate of drug-likeness (QED) is 0.424. The average Bonchev–Trinajstić information content (AvgIpc) is 2.24. The summed E-state index contributed by atoms with van der Waals surface area (Å²) in [7, 11) is 0. The molecule has 0 bridgehead atoms. The summed E-state index contributed by atoms with van der Waals surface area (Å²) in [5.74, 6) is -3.62. The van der Waals surface area contributed by atoms with Gasteiger partial charge in [-0.3, -0.25) is 0 Å². The standard InChI is InChI=1S/C11H16O6/c1-5-7(4)16-11(15)8(9(12)13)17-10(14)6(2)3/h7-8H,2,5H2,1,3-4H3,(H,12,13). The van der Waals surface area contributed by atoms with Gasteiger partial charge in [0.15, 0.2) is 0 Å². The van der Waals surface area contributed by atoms with Crippen LogP contribution in [0, 0.1) is 0 Å². The van der Waals surface area contributed by atoms with Crippen molar-refractivity contribution in [3.05, 3.63) is 12.2 Å². The van der Waals surface area contributed by atoms with Gasteiger partial charge in [-0.1, -0.05) is 13.5 Å². The van der Waals surface area contributed by atoms with Crippen LogP contribution in [0.2, 0.25) is 0 Å².